The van der Waals surface area contributed by atoms with Crippen molar-refractivity contribution in [1.29, 1.82) is 0 Å². The molecule has 0 aliphatic heterocycles. The Labute approximate surface area is 117 Å². The van der Waals surface area contributed by atoms with Gasteiger partial charge in [0.15, 0.2) is 0 Å². The maximum atomic E-state index is 11.8. The minimum absolute atomic E-state index is 0.119. The molecular formula is C15H30N2O2. The maximum Gasteiger partial charge on any atom is 0.322 e. The second-order valence-corrected chi connectivity index (χ2v) is 5.71. The van der Waals surface area contributed by atoms with Crippen molar-refractivity contribution in [2.24, 2.45) is 5.92 Å². The molecule has 1 N–H and O–H groups in total. The van der Waals surface area contributed by atoms with Crippen molar-refractivity contribution in [1.82, 2.24) is 10.2 Å². The smallest absolute Gasteiger partial charge is 0.322 e. The zero-order valence-electron chi connectivity index (χ0n) is 12.9. The normalized spacial score (nSPS) is 18.4. The molecule has 1 saturated carbocycles. The molecule has 0 saturated heterocycles. The van der Waals surface area contributed by atoms with E-state index >= 15 is 0 Å². The quantitative estimate of drug-likeness (QED) is 0.617. The summed E-state index contributed by atoms with van der Waals surface area (Å²) in [5.74, 6) is 0.597. The van der Waals surface area contributed by atoms with Crippen LogP contribution in [0.2, 0.25) is 0 Å². The minimum atomic E-state index is -0.136. The molecule has 19 heavy (non-hydrogen) atoms. The fraction of sp³-hybridized carbons (Fsp3) is 0.933. The molecule has 1 rings (SSSR count). The van der Waals surface area contributed by atoms with Gasteiger partial charge in [0.05, 0.1) is 7.11 Å². The van der Waals surface area contributed by atoms with Gasteiger partial charge in [0.1, 0.15) is 6.04 Å². The van der Waals surface area contributed by atoms with Crippen LogP contribution in [0, 0.1) is 5.92 Å². The SMILES string of the molecule is CCC(C)CN(CC)CCC(NC1CC1)C(=O)OC. The van der Waals surface area contributed by atoms with E-state index in [9.17, 15) is 4.79 Å². The third kappa shape index (κ3) is 6.39. The molecule has 0 aromatic carbocycles. The zero-order valence-corrected chi connectivity index (χ0v) is 12.9. The summed E-state index contributed by atoms with van der Waals surface area (Å²) in [6.07, 6.45) is 4.43. The van der Waals surface area contributed by atoms with E-state index in [-0.39, 0.29) is 12.0 Å². The Morgan fingerprint density at radius 2 is 2.11 bits per heavy atom. The van der Waals surface area contributed by atoms with E-state index in [0.717, 1.165) is 26.1 Å². The molecule has 0 aromatic heterocycles. The summed E-state index contributed by atoms with van der Waals surface area (Å²) >= 11 is 0. The Kier molecular flexibility index (Phi) is 7.39. The fourth-order valence-electron chi connectivity index (χ4n) is 2.21. The number of carbonyl (C=O) groups is 1. The summed E-state index contributed by atoms with van der Waals surface area (Å²) in [7, 11) is 1.47. The van der Waals surface area contributed by atoms with Gasteiger partial charge in [-0.05, 0) is 31.7 Å². The van der Waals surface area contributed by atoms with E-state index in [0.29, 0.717) is 12.0 Å². The second kappa shape index (κ2) is 8.54. The number of nitrogens with one attached hydrogen (secondary N) is 1. The number of hydrogen-bond donors (Lipinski definition) is 1. The predicted molar refractivity (Wildman–Crippen MR) is 78.1 cm³/mol. The van der Waals surface area contributed by atoms with Crippen molar-refractivity contribution < 1.29 is 9.53 Å². The summed E-state index contributed by atoms with van der Waals surface area (Å²) < 4.78 is 4.89. The molecule has 4 nitrogen and oxygen atoms in total. The Morgan fingerprint density at radius 1 is 1.42 bits per heavy atom. The maximum absolute atomic E-state index is 11.8. The molecule has 112 valence electrons. The number of ether oxygens (including phenoxy) is 1. The summed E-state index contributed by atoms with van der Waals surface area (Å²) in [5.41, 5.74) is 0. The Balaban J connectivity index is 2.36. The van der Waals surface area contributed by atoms with Crippen molar-refractivity contribution >= 4 is 5.97 Å². The molecule has 1 aliphatic rings. The molecule has 0 heterocycles. The van der Waals surface area contributed by atoms with Crippen LogP contribution >= 0.6 is 0 Å². The van der Waals surface area contributed by atoms with E-state index < -0.39 is 0 Å². The Morgan fingerprint density at radius 3 is 2.58 bits per heavy atom. The highest BCUT2D eigenvalue weighted by atomic mass is 16.5. The van der Waals surface area contributed by atoms with E-state index in [1.807, 2.05) is 0 Å². The van der Waals surface area contributed by atoms with Crippen LogP contribution in [0.3, 0.4) is 0 Å². The van der Waals surface area contributed by atoms with Crippen molar-refractivity contribution in [2.75, 3.05) is 26.7 Å². The summed E-state index contributed by atoms with van der Waals surface area (Å²) in [5, 5.41) is 3.39. The molecule has 0 spiro atoms. The molecule has 0 radical (unpaired) electrons. The van der Waals surface area contributed by atoms with Crippen LogP contribution in [0.25, 0.3) is 0 Å². The molecule has 0 amide bonds. The third-order valence-electron chi connectivity index (χ3n) is 3.95. The van der Waals surface area contributed by atoms with Gasteiger partial charge in [0.25, 0.3) is 0 Å². The molecule has 2 unspecified atom stereocenters. The highest BCUT2D eigenvalue weighted by Gasteiger charge is 2.29. The summed E-state index contributed by atoms with van der Waals surface area (Å²) in [4.78, 5) is 14.2. The van der Waals surface area contributed by atoms with E-state index in [4.69, 9.17) is 4.74 Å². The van der Waals surface area contributed by atoms with E-state index in [1.54, 1.807) is 0 Å². The van der Waals surface area contributed by atoms with Crippen LogP contribution in [-0.4, -0.2) is 49.7 Å². The largest absolute Gasteiger partial charge is 0.468 e. The first kappa shape index (κ1) is 16.4. The Bertz CT molecular complexity index is 267. The first-order chi connectivity index (χ1) is 9.10. The number of hydrogen-bond acceptors (Lipinski definition) is 4. The van der Waals surface area contributed by atoms with Gasteiger partial charge in [-0.3, -0.25) is 4.79 Å². The number of esters is 1. The monoisotopic (exact) mass is 270 g/mol. The van der Waals surface area contributed by atoms with Gasteiger partial charge in [-0.25, -0.2) is 0 Å². The molecule has 1 fully saturated rings. The molecule has 0 aromatic rings. The van der Waals surface area contributed by atoms with Crippen LogP contribution < -0.4 is 5.32 Å². The average molecular weight is 270 g/mol. The predicted octanol–water partition coefficient (Wildman–Crippen LogP) is 2.04. The third-order valence-corrected chi connectivity index (χ3v) is 3.95. The first-order valence-electron chi connectivity index (χ1n) is 7.66. The van der Waals surface area contributed by atoms with Crippen LogP contribution in [0.15, 0.2) is 0 Å². The number of nitrogens with zero attached hydrogens (tertiary/aromatic N) is 1. The van der Waals surface area contributed by atoms with Crippen molar-refractivity contribution in [2.45, 2.75) is 58.5 Å². The first-order valence-corrected chi connectivity index (χ1v) is 7.66. The van der Waals surface area contributed by atoms with Gasteiger partial charge in [-0.1, -0.05) is 27.2 Å². The van der Waals surface area contributed by atoms with Gasteiger partial charge in [0.2, 0.25) is 0 Å². The summed E-state index contributed by atoms with van der Waals surface area (Å²) in [6, 6.07) is 0.400. The standard InChI is InChI=1S/C15H30N2O2/c1-5-12(3)11-17(6-2)10-9-14(15(18)19-4)16-13-7-8-13/h12-14,16H,5-11H2,1-4H3. The van der Waals surface area contributed by atoms with E-state index in [2.05, 4.69) is 31.0 Å². The van der Waals surface area contributed by atoms with Crippen molar-refractivity contribution in [3.8, 4) is 0 Å². The topological polar surface area (TPSA) is 41.6 Å². The van der Waals surface area contributed by atoms with Gasteiger partial charge < -0.3 is 15.0 Å². The number of carbonyl (C=O) groups excluding carboxylic acids is 1. The highest BCUT2D eigenvalue weighted by Crippen LogP contribution is 2.20. The minimum Gasteiger partial charge on any atom is -0.468 e. The molecule has 0 bridgehead atoms. The lowest BCUT2D eigenvalue weighted by Gasteiger charge is -2.25. The van der Waals surface area contributed by atoms with Crippen molar-refractivity contribution in [3.05, 3.63) is 0 Å². The van der Waals surface area contributed by atoms with Crippen LogP contribution in [0.1, 0.15) is 46.5 Å². The highest BCUT2D eigenvalue weighted by molar-refractivity contribution is 5.75. The lowest BCUT2D eigenvalue weighted by Crippen LogP contribution is -2.42. The fourth-order valence-corrected chi connectivity index (χ4v) is 2.21. The van der Waals surface area contributed by atoms with Crippen LogP contribution in [-0.2, 0) is 9.53 Å². The van der Waals surface area contributed by atoms with Gasteiger partial charge in [-0.15, -0.1) is 0 Å². The molecular weight excluding hydrogens is 240 g/mol. The molecule has 1 aliphatic carbocycles. The Hall–Kier alpha value is -0.610. The molecule has 2 atom stereocenters. The molecule has 4 heteroatoms. The zero-order chi connectivity index (χ0) is 14.3. The summed E-state index contributed by atoms with van der Waals surface area (Å²) in [6.45, 7) is 9.81. The lowest BCUT2D eigenvalue weighted by molar-refractivity contribution is -0.143. The lowest BCUT2D eigenvalue weighted by atomic mass is 10.1. The van der Waals surface area contributed by atoms with E-state index in [1.165, 1.54) is 26.4 Å². The van der Waals surface area contributed by atoms with Gasteiger partial charge in [0, 0.05) is 19.1 Å². The average Bonchev–Trinajstić information content (AvgIpc) is 3.24. The number of rotatable bonds is 10. The van der Waals surface area contributed by atoms with Crippen molar-refractivity contribution in [3.63, 3.8) is 0 Å². The number of methoxy groups -OCH3 is 1. The van der Waals surface area contributed by atoms with Crippen LogP contribution in [0.5, 0.6) is 0 Å². The second-order valence-electron chi connectivity index (χ2n) is 5.71. The van der Waals surface area contributed by atoms with Gasteiger partial charge in [-0.2, -0.15) is 0 Å². The van der Waals surface area contributed by atoms with Crippen LogP contribution in [0.4, 0.5) is 0 Å². The van der Waals surface area contributed by atoms with Gasteiger partial charge >= 0.3 is 5.97 Å².